The summed E-state index contributed by atoms with van der Waals surface area (Å²) in [7, 11) is -1.34. The van der Waals surface area contributed by atoms with Crippen molar-refractivity contribution in [3.63, 3.8) is 0 Å². The topological polar surface area (TPSA) is 168 Å². The van der Waals surface area contributed by atoms with Gasteiger partial charge in [0.05, 0.1) is 41.9 Å². The van der Waals surface area contributed by atoms with E-state index in [9.17, 15) is 18.0 Å². The molecule has 38 heavy (non-hydrogen) atoms. The Bertz CT molecular complexity index is 1440. The summed E-state index contributed by atoms with van der Waals surface area (Å²) in [6.45, 7) is 1.24. The normalized spacial score (nSPS) is 12.1. The summed E-state index contributed by atoms with van der Waals surface area (Å²) in [5, 5.41) is 18.5. The Labute approximate surface area is 241 Å². The number of anilines is 1. The first-order valence-corrected chi connectivity index (χ1v) is 12.1. The molecule has 193 valence electrons. The number of ketones is 1. The average Bonchev–Trinajstić information content (AvgIpc) is 2.88. The summed E-state index contributed by atoms with van der Waals surface area (Å²) in [6.07, 6.45) is 0. The van der Waals surface area contributed by atoms with Crippen LogP contribution in [0.15, 0.2) is 92.1 Å². The van der Waals surface area contributed by atoms with E-state index < -0.39 is 27.9 Å². The summed E-state index contributed by atoms with van der Waals surface area (Å²) in [5.74, 6) is -0.286. The molecule has 1 atom stereocenters. The van der Waals surface area contributed by atoms with Crippen LogP contribution in [0.5, 0.6) is 11.5 Å². The van der Waals surface area contributed by atoms with E-state index in [-0.39, 0.29) is 34.5 Å². The van der Waals surface area contributed by atoms with Crippen molar-refractivity contribution in [3.8, 4) is 11.5 Å². The molecule has 0 aliphatic carbocycles. The Morgan fingerprint density at radius 2 is 1.37 bits per heavy atom. The van der Waals surface area contributed by atoms with Crippen LogP contribution in [0.25, 0.3) is 0 Å². The second-order valence-corrected chi connectivity index (χ2v) is 8.89. The van der Waals surface area contributed by atoms with Crippen molar-refractivity contribution in [3.05, 3.63) is 66.7 Å². The maximum Gasteiger partial charge on any atom is 0.294 e. The molecule has 0 bridgehead atoms. The number of carbonyl (C=O) groups excluding carboxylic acids is 2. The molecule has 0 heterocycles. The van der Waals surface area contributed by atoms with Gasteiger partial charge in [-0.25, -0.2) is 0 Å². The molecule has 1 amide bonds. The number of benzene rings is 3. The van der Waals surface area contributed by atoms with Crippen LogP contribution < -0.4 is 14.8 Å². The predicted molar refractivity (Wildman–Crippen MR) is 140 cm³/mol. The van der Waals surface area contributed by atoms with Crippen molar-refractivity contribution in [2.45, 2.75) is 17.9 Å². The zero-order chi connectivity index (χ0) is 27.0. The standard InChI is InChI=1S/C24H23N5O7S.Na/c1-15(30)23(24(31)25-21-13-10-19(35-2)14-22(21)36-3)29-28-17-6-4-16(5-7-17)26-27-18-8-11-20(12-9-18)37(32,33)34;/h4-14,23H,1-3H3,(H,25,31)(H,32,33,34);. The number of methoxy groups -OCH3 is 2. The van der Waals surface area contributed by atoms with Crippen LogP contribution in [0.2, 0.25) is 0 Å². The number of ether oxygens (including phenoxy) is 2. The van der Waals surface area contributed by atoms with Gasteiger partial charge in [-0.15, -0.1) is 0 Å². The third-order valence-corrected chi connectivity index (χ3v) is 5.72. The van der Waals surface area contributed by atoms with Crippen LogP contribution in [0.4, 0.5) is 22.7 Å². The van der Waals surface area contributed by atoms with Gasteiger partial charge in [0.2, 0.25) is 6.04 Å². The molecule has 2 N–H and O–H groups in total. The van der Waals surface area contributed by atoms with Crippen LogP contribution in [0.1, 0.15) is 6.92 Å². The van der Waals surface area contributed by atoms with Gasteiger partial charge in [-0.3, -0.25) is 14.1 Å². The van der Waals surface area contributed by atoms with Crippen molar-refractivity contribution < 1.29 is 32.0 Å². The molecule has 14 heteroatoms. The van der Waals surface area contributed by atoms with Gasteiger partial charge in [-0.2, -0.15) is 28.9 Å². The predicted octanol–water partition coefficient (Wildman–Crippen LogP) is 4.67. The first-order chi connectivity index (χ1) is 17.6. The number of rotatable bonds is 10. The largest absolute Gasteiger partial charge is 0.497 e. The number of hydrogen-bond donors (Lipinski definition) is 2. The SMILES string of the molecule is COc1ccc(NC(=O)C(N=Nc2ccc(N=Nc3ccc(S(=O)(=O)O)cc3)cc2)C(C)=O)c(OC)c1.[Na]. The van der Waals surface area contributed by atoms with E-state index in [0.29, 0.717) is 34.2 Å². The van der Waals surface area contributed by atoms with Gasteiger partial charge >= 0.3 is 0 Å². The van der Waals surface area contributed by atoms with Crippen LogP contribution in [-0.4, -0.2) is 74.5 Å². The van der Waals surface area contributed by atoms with E-state index in [1.165, 1.54) is 45.4 Å². The summed E-state index contributed by atoms with van der Waals surface area (Å²) >= 11 is 0. The second-order valence-electron chi connectivity index (χ2n) is 7.47. The Morgan fingerprint density at radius 3 is 1.84 bits per heavy atom. The minimum Gasteiger partial charge on any atom is -0.497 e. The van der Waals surface area contributed by atoms with E-state index in [1.54, 1.807) is 42.5 Å². The summed E-state index contributed by atoms with van der Waals surface area (Å²) < 4.78 is 41.6. The first-order valence-electron chi connectivity index (χ1n) is 10.6. The Morgan fingerprint density at radius 1 is 0.842 bits per heavy atom. The average molecular weight is 549 g/mol. The van der Waals surface area contributed by atoms with Gasteiger partial charge < -0.3 is 14.8 Å². The van der Waals surface area contributed by atoms with Crippen molar-refractivity contribution >= 4 is 74.1 Å². The molecular weight excluding hydrogens is 525 g/mol. The van der Waals surface area contributed by atoms with Gasteiger partial charge in [0, 0.05) is 35.6 Å². The number of hydrogen-bond acceptors (Lipinski definition) is 10. The third-order valence-electron chi connectivity index (χ3n) is 4.85. The van der Waals surface area contributed by atoms with E-state index >= 15 is 0 Å². The fourth-order valence-corrected chi connectivity index (χ4v) is 3.41. The number of nitrogens with one attached hydrogen (secondary N) is 1. The van der Waals surface area contributed by atoms with Gasteiger partial charge in [0.25, 0.3) is 16.0 Å². The van der Waals surface area contributed by atoms with Gasteiger partial charge in [0.15, 0.2) is 5.78 Å². The monoisotopic (exact) mass is 548 g/mol. The number of Topliss-reactive ketones (excluding diaryl/α,β-unsaturated/α-hetero) is 1. The molecule has 1 radical (unpaired) electrons. The Kier molecular flexibility index (Phi) is 11.2. The molecule has 3 rings (SSSR count). The Balaban J connectivity index is 0.00000507. The smallest absolute Gasteiger partial charge is 0.294 e. The number of amides is 1. The van der Waals surface area contributed by atoms with E-state index in [4.69, 9.17) is 14.0 Å². The van der Waals surface area contributed by atoms with Crippen LogP contribution in [0.3, 0.4) is 0 Å². The van der Waals surface area contributed by atoms with Crippen molar-refractivity contribution in [1.82, 2.24) is 0 Å². The molecule has 3 aromatic rings. The summed E-state index contributed by atoms with van der Waals surface area (Å²) in [5.41, 5.74) is 1.56. The van der Waals surface area contributed by atoms with E-state index in [2.05, 4.69) is 25.8 Å². The molecule has 0 spiro atoms. The molecule has 0 saturated carbocycles. The number of nitrogens with zero attached hydrogens (tertiary/aromatic N) is 4. The maximum absolute atomic E-state index is 12.7. The molecule has 3 aromatic carbocycles. The minimum atomic E-state index is -4.28. The van der Waals surface area contributed by atoms with Crippen LogP contribution in [-0.2, 0) is 19.7 Å². The van der Waals surface area contributed by atoms with Crippen molar-refractivity contribution in [1.29, 1.82) is 0 Å². The van der Waals surface area contributed by atoms with Gasteiger partial charge in [-0.1, -0.05) is 0 Å². The molecular formula is C24H23N5NaO7S. The third kappa shape index (κ3) is 8.53. The Hall–Kier alpha value is -3.49. The zero-order valence-electron chi connectivity index (χ0n) is 21.0. The van der Waals surface area contributed by atoms with Crippen molar-refractivity contribution in [2.75, 3.05) is 19.5 Å². The molecule has 12 nitrogen and oxygen atoms in total. The molecule has 0 aliphatic rings. The fraction of sp³-hybridized carbons (Fsp3) is 0.167. The molecule has 0 fully saturated rings. The van der Waals surface area contributed by atoms with Crippen LogP contribution >= 0.6 is 0 Å². The molecule has 0 saturated heterocycles. The van der Waals surface area contributed by atoms with Crippen molar-refractivity contribution in [2.24, 2.45) is 20.5 Å². The van der Waals surface area contributed by atoms with E-state index in [1.807, 2.05) is 0 Å². The fourth-order valence-electron chi connectivity index (χ4n) is 2.93. The van der Waals surface area contributed by atoms with Crippen LogP contribution in [0, 0.1) is 0 Å². The summed E-state index contributed by atoms with van der Waals surface area (Å²) in [6, 6.07) is 15.0. The molecule has 1 unspecified atom stereocenters. The van der Waals surface area contributed by atoms with Gasteiger partial charge in [-0.05, 0) is 67.6 Å². The second kappa shape index (κ2) is 13.9. The first kappa shape index (κ1) is 30.7. The van der Waals surface area contributed by atoms with Gasteiger partial charge in [0.1, 0.15) is 11.5 Å². The van der Waals surface area contributed by atoms with E-state index in [0.717, 1.165) is 0 Å². The minimum absolute atomic E-state index is 0. The summed E-state index contributed by atoms with van der Waals surface area (Å²) in [4.78, 5) is 24.5. The quantitative estimate of drug-likeness (QED) is 0.161. The zero-order valence-corrected chi connectivity index (χ0v) is 23.8. The molecule has 0 aliphatic heterocycles. The molecule has 0 aromatic heterocycles. The number of carbonyl (C=O) groups is 2. The number of azo groups is 2. The maximum atomic E-state index is 12.7.